The number of imide groups is 1. The monoisotopic (exact) mass is 359 g/mol. The molecule has 0 unspecified atom stereocenters. The summed E-state index contributed by atoms with van der Waals surface area (Å²) in [7, 11) is 1.62. The first-order chi connectivity index (χ1) is 12.6. The van der Waals surface area contributed by atoms with Crippen LogP contribution in [-0.2, 0) is 14.3 Å². The number of methoxy groups -OCH3 is 1. The second-order valence-corrected chi connectivity index (χ2v) is 5.96. The summed E-state index contributed by atoms with van der Waals surface area (Å²) in [5.41, 5.74) is 1.58. The predicted octanol–water partition coefficient (Wildman–Crippen LogP) is 0.433. The minimum atomic E-state index is -0.469. The molecule has 1 fully saturated rings. The molecule has 2 heterocycles. The molecule has 3 N–H and O–H groups in total. The van der Waals surface area contributed by atoms with Crippen molar-refractivity contribution in [2.75, 3.05) is 30.9 Å². The third-order valence-corrected chi connectivity index (χ3v) is 3.82. The normalized spacial score (nSPS) is 14.3. The fourth-order valence-electron chi connectivity index (χ4n) is 2.31. The maximum Gasteiger partial charge on any atom is 0.253 e. The lowest BCUT2D eigenvalue weighted by atomic mass is 10.2. The third-order valence-electron chi connectivity index (χ3n) is 3.82. The van der Waals surface area contributed by atoms with Crippen molar-refractivity contribution in [2.24, 2.45) is 0 Å². The fourth-order valence-corrected chi connectivity index (χ4v) is 2.31. The summed E-state index contributed by atoms with van der Waals surface area (Å²) in [6, 6.07) is 0.392. The summed E-state index contributed by atoms with van der Waals surface area (Å²) < 4.78 is 6.64. The van der Waals surface area contributed by atoms with Gasteiger partial charge in [-0.25, -0.2) is 0 Å². The molecule has 3 rings (SSSR count). The summed E-state index contributed by atoms with van der Waals surface area (Å²) in [4.78, 5) is 31.2. The van der Waals surface area contributed by atoms with E-state index in [-0.39, 0.29) is 0 Å². The zero-order chi connectivity index (χ0) is 18.5. The lowest BCUT2D eigenvalue weighted by Crippen LogP contribution is -2.21. The number of rotatable bonds is 9. The van der Waals surface area contributed by atoms with Crippen LogP contribution < -0.4 is 16.0 Å². The van der Waals surface area contributed by atoms with Gasteiger partial charge >= 0.3 is 0 Å². The number of carbonyl (C=O) groups excluding carboxylic acids is 2. The number of ether oxygens (including phenoxy) is 1. The molecule has 10 nitrogen and oxygen atoms in total. The van der Waals surface area contributed by atoms with Gasteiger partial charge in [-0.2, -0.15) is 19.6 Å². The van der Waals surface area contributed by atoms with Crippen molar-refractivity contribution in [3.8, 4) is 0 Å². The van der Waals surface area contributed by atoms with E-state index in [0.29, 0.717) is 54.3 Å². The minimum Gasteiger partial charge on any atom is -0.383 e. The Labute approximate surface area is 150 Å². The first-order valence-corrected chi connectivity index (χ1v) is 8.30. The van der Waals surface area contributed by atoms with Crippen molar-refractivity contribution < 1.29 is 14.3 Å². The van der Waals surface area contributed by atoms with Crippen molar-refractivity contribution in [3.63, 3.8) is 0 Å². The Morgan fingerprint density at radius 2 is 2.23 bits per heavy atom. The van der Waals surface area contributed by atoms with E-state index >= 15 is 0 Å². The van der Waals surface area contributed by atoms with Crippen molar-refractivity contribution in [1.29, 1.82) is 0 Å². The number of nitrogens with one attached hydrogen (secondary N) is 3. The molecule has 2 aromatic heterocycles. The van der Waals surface area contributed by atoms with Gasteiger partial charge in [0.25, 0.3) is 5.91 Å². The highest BCUT2D eigenvalue weighted by Gasteiger charge is 2.24. The van der Waals surface area contributed by atoms with Crippen molar-refractivity contribution in [3.05, 3.63) is 17.3 Å². The van der Waals surface area contributed by atoms with E-state index in [4.69, 9.17) is 4.74 Å². The van der Waals surface area contributed by atoms with E-state index in [1.807, 2.05) is 0 Å². The van der Waals surface area contributed by atoms with Crippen LogP contribution >= 0.6 is 0 Å². The predicted molar refractivity (Wildman–Crippen MR) is 95.7 cm³/mol. The molecule has 1 aliphatic carbocycles. The van der Waals surface area contributed by atoms with Gasteiger partial charge in [0.15, 0.2) is 5.65 Å². The summed E-state index contributed by atoms with van der Waals surface area (Å²) in [5, 5.41) is 12.9. The van der Waals surface area contributed by atoms with Crippen LogP contribution in [0.25, 0.3) is 11.7 Å². The Balaban J connectivity index is 1.96. The third kappa shape index (κ3) is 4.14. The number of anilines is 2. The van der Waals surface area contributed by atoms with Gasteiger partial charge in [0.1, 0.15) is 0 Å². The van der Waals surface area contributed by atoms with E-state index in [1.165, 1.54) is 0 Å². The summed E-state index contributed by atoms with van der Waals surface area (Å²) in [6.45, 7) is 2.71. The van der Waals surface area contributed by atoms with E-state index in [9.17, 15) is 9.59 Å². The zero-order valence-corrected chi connectivity index (χ0v) is 14.7. The van der Waals surface area contributed by atoms with E-state index in [0.717, 1.165) is 12.8 Å². The van der Waals surface area contributed by atoms with E-state index < -0.39 is 5.91 Å². The summed E-state index contributed by atoms with van der Waals surface area (Å²) in [5.74, 6) is 0.568. The number of aromatic nitrogens is 4. The number of nitrogens with zero attached hydrogens (tertiary/aromatic N) is 4. The quantitative estimate of drug-likeness (QED) is 0.335. The van der Waals surface area contributed by atoms with Gasteiger partial charge in [-0.3, -0.25) is 14.9 Å². The number of hydrogen-bond donors (Lipinski definition) is 3. The molecule has 0 aromatic carbocycles. The Bertz CT molecular complexity index is 842. The average Bonchev–Trinajstić information content (AvgIpc) is 3.35. The largest absolute Gasteiger partial charge is 0.383 e. The first-order valence-electron chi connectivity index (χ1n) is 8.30. The molecule has 1 saturated carbocycles. The van der Waals surface area contributed by atoms with Crippen molar-refractivity contribution in [2.45, 2.75) is 25.8 Å². The maximum absolute atomic E-state index is 11.8. The molecule has 0 atom stereocenters. The zero-order valence-electron chi connectivity index (χ0n) is 14.7. The molecule has 0 bridgehead atoms. The van der Waals surface area contributed by atoms with Crippen LogP contribution in [0.1, 0.15) is 25.3 Å². The molecule has 0 saturated heterocycles. The molecular weight excluding hydrogens is 338 g/mol. The molecule has 138 valence electrons. The number of hydrogen-bond acceptors (Lipinski definition) is 8. The highest BCUT2D eigenvalue weighted by Crippen LogP contribution is 2.25. The topological polar surface area (TPSA) is 123 Å². The van der Waals surface area contributed by atoms with Crippen molar-refractivity contribution in [1.82, 2.24) is 24.9 Å². The molecule has 2 amide bonds. The second kappa shape index (κ2) is 7.91. The molecule has 0 aliphatic heterocycles. The van der Waals surface area contributed by atoms with Gasteiger partial charge in [-0.05, 0) is 25.8 Å². The smallest absolute Gasteiger partial charge is 0.253 e. The molecule has 26 heavy (non-hydrogen) atoms. The van der Waals surface area contributed by atoms with Gasteiger partial charge in [0.05, 0.1) is 12.8 Å². The van der Waals surface area contributed by atoms with Crippen LogP contribution in [0, 0.1) is 0 Å². The standard InChI is InChI=1S/C16H21N7O3/c1-10(14(25)18-9-24)7-11-8-19-23-13(11)21-15(17-5-6-26-2)22-16(23)20-12-3-4-12/h7-9,12H,3-6H2,1-2H3,(H,18,24,25)(H2,17,20,21,22)/b10-7+. The van der Waals surface area contributed by atoms with Crippen LogP contribution in [0.15, 0.2) is 11.8 Å². The molecule has 1 aliphatic rings. The van der Waals surface area contributed by atoms with Crippen LogP contribution in [0.4, 0.5) is 11.9 Å². The number of fused-ring (bicyclic) bond motifs is 1. The van der Waals surface area contributed by atoms with Gasteiger partial charge in [-0.1, -0.05) is 0 Å². The van der Waals surface area contributed by atoms with Crippen LogP contribution in [0.3, 0.4) is 0 Å². The molecule has 0 spiro atoms. The second-order valence-electron chi connectivity index (χ2n) is 5.96. The lowest BCUT2D eigenvalue weighted by molar-refractivity contribution is -0.122. The SMILES string of the molecule is COCCNc1nc(NC2CC2)n2ncc(/C=C(\C)C(=O)NC=O)c2n1. The van der Waals surface area contributed by atoms with Crippen molar-refractivity contribution >= 4 is 35.9 Å². The molecule has 0 radical (unpaired) electrons. The highest BCUT2D eigenvalue weighted by atomic mass is 16.5. The summed E-state index contributed by atoms with van der Waals surface area (Å²) in [6.07, 6.45) is 5.79. The highest BCUT2D eigenvalue weighted by molar-refractivity contribution is 6.02. The maximum atomic E-state index is 11.8. The van der Waals surface area contributed by atoms with E-state index in [2.05, 4.69) is 31.0 Å². The number of carbonyl (C=O) groups is 2. The first kappa shape index (κ1) is 17.8. The van der Waals surface area contributed by atoms with Gasteiger partial charge < -0.3 is 15.4 Å². The van der Waals surface area contributed by atoms with E-state index in [1.54, 1.807) is 30.8 Å². The molecule has 10 heteroatoms. The minimum absolute atomic E-state index is 0.355. The average molecular weight is 359 g/mol. The fraction of sp³-hybridized carbons (Fsp3) is 0.438. The van der Waals surface area contributed by atoms with Crippen LogP contribution in [-0.4, -0.2) is 58.2 Å². The van der Waals surface area contributed by atoms with Gasteiger partial charge in [0, 0.05) is 30.8 Å². The Kier molecular flexibility index (Phi) is 5.42. The Morgan fingerprint density at radius 3 is 2.92 bits per heavy atom. The van der Waals surface area contributed by atoms with Crippen LogP contribution in [0.2, 0.25) is 0 Å². The Hall–Kier alpha value is -3.01. The molecular formula is C16H21N7O3. The number of amides is 2. The lowest BCUT2D eigenvalue weighted by Gasteiger charge is -2.10. The van der Waals surface area contributed by atoms with Gasteiger partial charge in [-0.15, -0.1) is 0 Å². The van der Waals surface area contributed by atoms with Gasteiger partial charge in [0.2, 0.25) is 18.3 Å². The summed E-state index contributed by atoms with van der Waals surface area (Å²) >= 11 is 0. The molecule has 2 aromatic rings. The van der Waals surface area contributed by atoms with Crippen LogP contribution in [0.5, 0.6) is 0 Å². The Morgan fingerprint density at radius 1 is 1.42 bits per heavy atom.